The van der Waals surface area contributed by atoms with Crippen molar-refractivity contribution >= 4 is 16.3 Å². The lowest BCUT2D eigenvalue weighted by molar-refractivity contribution is -0.129. The second kappa shape index (κ2) is 7.92. The molecule has 0 bridgehead atoms. The van der Waals surface area contributed by atoms with Crippen LogP contribution in [0.25, 0.3) is 0 Å². The Balaban J connectivity index is 2.52. The lowest BCUT2D eigenvalue weighted by Crippen LogP contribution is -2.32. The summed E-state index contributed by atoms with van der Waals surface area (Å²) in [7, 11) is -2.56. The zero-order valence-electron chi connectivity index (χ0n) is 13.3. The first-order valence-corrected chi connectivity index (χ1v) is 8.03. The molecule has 0 saturated carbocycles. The van der Waals surface area contributed by atoms with Crippen LogP contribution >= 0.6 is 0 Å². The van der Waals surface area contributed by atoms with Crippen LogP contribution in [0.5, 0.6) is 0 Å². The summed E-state index contributed by atoms with van der Waals surface area (Å²) in [6.07, 6.45) is -3.95. The molecule has 1 fully saturated rings. The molecule has 1 rings (SSSR count). The highest BCUT2D eigenvalue weighted by Crippen LogP contribution is 2.25. The van der Waals surface area contributed by atoms with Crippen molar-refractivity contribution in [2.45, 2.75) is 38.8 Å². The van der Waals surface area contributed by atoms with Gasteiger partial charge in [0.15, 0.2) is 6.29 Å². The maximum Gasteiger partial charge on any atom is 0.508 e. The summed E-state index contributed by atoms with van der Waals surface area (Å²) < 4.78 is 54.6. The lowest BCUT2D eigenvalue weighted by Gasteiger charge is -2.17. The van der Waals surface area contributed by atoms with E-state index in [-0.39, 0.29) is 25.6 Å². The minimum Gasteiger partial charge on any atom is -0.434 e. The van der Waals surface area contributed by atoms with Crippen LogP contribution in [0.15, 0.2) is 0 Å². The normalized spacial score (nSPS) is 26.7. The van der Waals surface area contributed by atoms with Crippen LogP contribution in [0.2, 0.25) is 0 Å². The molecule has 124 valence electrons. The first kappa shape index (κ1) is 16.5. The Kier molecular flexibility index (Phi) is 6.22. The van der Waals surface area contributed by atoms with Crippen molar-refractivity contribution in [1.82, 2.24) is 0 Å². The summed E-state index contributed by atoms with van der Waals surface area (Å²) in [5.74, 6) is 0.173. The van der Waals surface area contributed by atoms with Gasteiger partial charge in [-0.15, -0.1) is 0 Å². The minimum atomic E-state index is -3.97. The van der Waals surface area contributed by atoms with Crippen LogP contribution in [-0.4, -0.2) is 59.6 Å². The Hall–Kier alpha value is -0.900. The van der Waals surface area contributed by atoms with Gasteiger partial charge in [0.05, 0.1) is 12.8 Å². The molecule has 3 atom stereocenters. The average Bonchev–Trinajstić information content (AvgIpc) is 2.84. The molecule has 0 radical (unpaired) electrons. The molecular formula is C12H22O8S. The predicted molar refractivity (Wildman–Crippen MR) is 72.1 cm³/mol. The fourth-order valence-corrected chi connectivity index (χ4v) is 2.27. The molecular weight excluding hydrogens is 304 g/mol. The summed E-state index contributed by atoms with van der Waals surface area (Å²) in [6, 6.07) is 0. The standard InChI is InChI=1S/C12H22O8S/c1-8(2)6-17-12(13)18-7-10-9(20-21(4,14)15)5-11(16-3)19-10/h8-11H,5-7H2,1-4H3/t9-,10+,11?/m0/s1/i4D. The van der Waals surface area contributed by atoms with Gasteiger partial charge in [0.25, 0.3) is 10.1 Å². The highest BCUT2D eigenvalue weighted by atomic mass is 32.2. The average molecular weight is 327 g/mol. The molecule has 1 saturated heterocycles. The first-order chi connectivity index (χ1) is 10.3. The van der Waals surface area contributed by atoms with Crippen molar-refractivity contribution in [2.75, 3.05) is 26.6 Å². The molecule has 0 spiro atoms. The summed E-state index contributed by atoms with van der Waals surface area (Å²) in [4.78, 5) is 11.4. The van der Waals surface area contributed by atoms with Crippen LogP contribution in [0.1, 0.15) is 21.6 Å². The molecule has 0 aliphatic carbocycles. The van der Waals surface area contributed by atoms with E-state index < -0.39 is 41.0 Å². The Morgan fingerprint density at radius 3 is 2.71 bits per heavy atom. The van der Waals surface area contributed by atoms with Crippen LogP contribution in [0, 0.1) is 5.92 Å². The molecule has 0 N–H and O–H groups in total. The predicted octanol–water partition coefficient (Wildman–Crippen LogP) is 0.902. The molecule has 1 unspecified atom stereocenters. The highest BCUT2D eigenvalue weighted by Gasteiger charge is 2.39. The van der Waals surface area contributed by atoms with Gasteiger partial charge < -0.3 is 18.9 Å². The van der Waals surface area contributed by atoms with Crippen molar-refractivity contribution in [1.29, 1.82) is 0 Å². The largest absolute Gasteiger partial charge is 0.508 e. The molecule has 0 aromatic heterocycles. The number of hydrogen-bond donors (Lipinski definition) is 0. The number of carbonyl (C=O) groups excluding carboxylic acids is 1. The maximum absolute atomic E-state index is 11.4. The van der Waals surface area contributed by atoms with E-state index in [0.717, 1.165) is 0 Å². The topological polar surface area (TPSA) is 97.4 Å². The molecule has 9 heteroatoms. The third-order valence-corrected chi connectivity index (χ3v) is 3.14. The number of ether oxygens (including phenoxy) is 4. The van der Waals surface area contributed by atoms with E-state index in [9.17, 15) is 13.2 Å². The SMILES string of the molecule is [2H]CS(=O)(=O)O[C@H]1CC(OC)O[C@@H]1COC(=O)OCC(C)C. The van der Waals surface area contributed by atoms with Gasteiger partial charge in [0, 0.05) is 14.9 Å². The zero-order chi connectivity index (χ0) is 16.8. The van der Waals surface area contributed by atoms with Gasteiger partial charge in [-0.25, -0.2) is 4.79 Å². The van der Waals surface area contributed by atoms with Gasteiger partial charge in [-0.1, -0.05) is 13.8 Å². The van der Waals surface area contributed by atoms with Crippen molar-refractivity contribution in [3.63, 3.8) is 0 Å². The van der Waals surface area contributed by atoms with Gasteiger partial charge in [0.2, 0.25) is 0 Å². The van der Waals surface area contributed by atoms with Crippen molar-refractivity contribution in [2.24, 2.45) is 5.92 Å². The molecule has 0 aromatic carbocycles. The number of methoxy groups -OCH3 is 1. The van der Waals surface area contributed by atoms with Crippen LogP contribution in [0.3, 0.4) is 0 Å². The van der Waals surface area contributed by atoms with E-state index in [4.69, 9.17) is 24.5 Å². The van der Waals surface area contributed by atoms with Crippen LogP contribution in [-0.2, 0) is 33.2 Å². The van der Waals surface area contributed by atoms with E-state index in [1.807, 2.05) is 13.8 Å². The molecule has 0 aromatic rings. The minimum absolute atomic E-state index is 0.158. The molecule has 0 amide bonds. The van der Waals surface area contributed by atoms with Crippen LogP contribution in [0.4, 0.5) is 4.79 Å². The molecule has 1 heterocycles. The Labute approximate surface area is 126 Å². The van der Waals surface area contributed by atoms with Crippen molar-refractivity contribution < 1.29 is 37.7 Å². The molecule has 8 nitrogen and oxygen atoms in total. The van der Waals surface area contributed by atoms with E-state index in [2.05, 4.69) is 0 Å². The third kappa shape index (κ3) is 7.07. The maximum atomic E-state index is 11.4. The van der Waals surface area contributed by atoms with Crippen LogP contribution < -0.4 is 0 Å². The molecule has 1 aliphatic rings. The summed E-state index contributed by atoms with van der Waals surface area (Å²) in [6.45, 7) is 3.76. The van der Waals surface area contributed by atoms with E-state index in [0.29, 0.717) is 0 Å². The highest BCUT2D eigenvalue weighted by molar-refractivity contribution is 7.86. The van der Waals surface area contributed by atoms with E-state index >= 15 is 0 Å². The number of rotatable bonds is 7. The van der Waals surface area contributed by atoms with Gasteiger partial charge in [-0.05, 0) is 5.92 Å². The number of hydrogen-bond acceptors (Lipinski definition) is 8. The third-order valence-electron chi connectivity index (χ3n) is 2.60. The Morgan fingerprint density at radius 1 is 1.43 bits per heavy atom. The van der Waals surface area contributed by atoms with Gasteiger partial charge in [0.1, 0.15) is 18.8 Å². The zero-order valence-corrected chi connectivity index (χ0v) is 13.1. The van der Waals surface area contributed by atoms with Crippen molar-refractivity contribution in [3.05, 3.63) is 0 Å². The second-order valence-corrected chi connectivity index (χ2v) is 6.34. The fourth-order valence-electron chi connectivity index (χ4n) is 1.69. The summed E-state index contributed by atoms with van der Waals surface area (Å²) >= 11 is 0. The van der Waals surface area contributed by atoms with E-state index in [1.54, 1.807) is 0 Å². The van der Waals surface area contributed by atoms with Crippen molar-refractivity contribution in [3.8, 4) is 0 Å². The van der Waals surface area contributed by atoms with Gasteiger partial charge >= 0.3 is 6.16 Å². The molecule has 1 aliphatic heterocycles. The lowest BCUT2D eigenvalue weighted by atomic mass is 10.2. The Morgan fingerprint density at radius 2 is 2.14 bits per heavy atom. The summed E-state index contributed by atoms with van der Waals surface area (Å²) in [5.41, 5.74) is 0. The Bertz CT molecular complexity index is 452. The molecule has 21 heavy (non-hydrogen) atoms. The smallest absolute Gasteiger partial charge is 0.434 e. The fraction of sp³-hybridized carbons (Fsp3) is 0.917. The first-order valence-electron chi connectivity index (χ1n) is 7.16. The monoisotopic (exact) mass is 327 g/mol. The van der Waals surface area contributed by atoms with Gasteiger partial charge in [-0.2, -0.15) is 8.42 Å². The summed E-state index contributed by atoms with van der Waals surface area (Å²) in [5, 5.41) is 0. The van der Waals surface area contributed by atoms with E-state index in [1.165, 1.54) is 7.11 Å². The quantitative estimate of drug-likeness (QED) is 0.502. The van der Waals surface area contributed by atoms with Gasteiger partial charge in [-0.3, -0.25) is 4.18 Å². The number of carbonyl (C=O) groups is 1. The second-order valence-electron chi connectivity index (χ2n) is 5.03.